The first-order valence-corrected chi connectivity index (χ1v) is 11.1. The van der Waals surface area contributed by atoms with Crippen molar-refractivity contribution in [2.75, 3.05) is 0 Å². The molecule has 32 heavy (non-hydrogen) atoms. The molecule has 2 aliphatic rings. The Morgan fingerprint density at radius 3 is 2.25 bits per heavy atom. The number of halogens is 4. The molecule has 0 aromatic heterocycles. The first-order chi connectivity index (χ1) is 15.2. The maximum Gasteiger partial charge on any atom is 0.573 e. The van der Waals surface area contributed by atoms with Crippen LogP contribution in [0.2, 0.25) is 0 Å². The van der Waals surface area contributed by atoms with E-state index in [1.165, 1.54) is 37.5 Å². The Hall–Kier alpha value is -2.57. The van der Waals surface area contributed by atoms with Gasteiger partial charge in [0.2, 0.25) is 0 Å². The van der Waals surface area contributed by atoms with Gasteiger partial charge in [-0.25, -0.2) is 9.18 Å². The Morgan fingerprint density at radius 1 is 0.906 bits per heavy atom. The number of ether oxygens (including phenoxy) is 2. The molecular formula is C25H26F4O3. The lowest BCUT2D eigenvalue weighted by Gasteiger charge is -2.41. The molecule has 0 bridgehead atoms. The molecule has 3 nitrogen and oxygen atoms in total. The van der Waals surface area contributed by atoms with Gasteiger partial charge in [-0.1, -0.05) is 19.4 Å². The van der Waals surface area contributed by atoms with Crippen LogP contribution in [0.15, 0.2) is 42.5 Å². The SMILES string of the molecule is C[C@H]1CC[C@@H]2CC(c3ccc(C(=O)Oc4ccc(OC(F)(F)F)cc4)cc3F)CC[C@H]2C1. The summed E-state index contributed by atoms with van der Waals surface area (Å²) >= 11 is 0. The molecule has 0 aliphatic heterocycles. The summed E-state index contributed by atoms with van der Waals surface area (Å²) in [6, 6.07) is 8.87. The lowest BCUT2D eigenvalue weighted by Crippen LogP contribution is -2.30. The van der Waals surface area contributed by atoms with Gasteiger partial charge in [-0.3, -0.25) is 0 Å². The van der Waals surface area contributed by atoms with E-state index >= 15 is 0 Å². The average Bonchev–Trinajstić information content (AvgIpc) is 2.73. The Bertz CT molecular complexity index is 955. The number of alkyl halides is 3. The number of hydrogen-bond donors (Lipinski definition) is 0. The Kier molecular flexibility index (Phi) is 6.45. The second-order valence-electron chi connectivity index (χ2n) is 9.09. The predicted octanol–water partition coefficient (Wildman–Crippen LogP) is 7.26. The highest BCUT2D eigenvalue weighted by Crippen LogP contribution is 2.47. The third-order valence-electron chi connectivity index (χ3n) is 6.82. The van der Waals surface area contributed by atoms with Crippen LogP contribution in [0, 0.1) is 23.6 Å². The molecule has 2 fully saturated rings. The van der Waals surface area contributed by atoms with Crippen molar-refractivity contribution in [1.29, 1.82) is 0 Å². The molecule has 2 saturated carbocycles. The summed E-state index contributed by atoms with van der Waals surface area (Å²) in [4.78, 5) is 12.4. The van der Waals surface area contributed by atoms with E-state index in [1.807, 2.05) is 0 Å². The number of rotatable bonds is 4. The van der Waals surface area contributed by atoms with E-state index in [9.17, 15) is 22.4 Å². The molecule has 172 valence electrons. The standard InChI is InChI=1S/C25H26F4O3/c1-15-2-3-17-13-18(5-4-16(17)12-15)22-11-6-19(14-23(22)26)24(30)31-20-7-9-21(10-8-20)32-25(27,28)29/h6-11,14-18H,2-5,12-13H2,1H3/t15-,16-,17+,18?/m0/s1. The fraction of sp³-hybridized carbons (Fsp3) is 0.480. The zero-order valence-electron chi connectivity index (χ0n) is 17.8. The minimum absolute atomic E-state index is 0.0406. The molecule has 2 aromatic carbocycles. The van der Waals surface area contributed by atoms with Gasteiger partial charge >= 0.3 is 12.3 Å². The molecule has 0 amide bonds. The lowest BCUT2D eigenvalue weighted by atomic mass is 9.64. The number of fused-ring (bicyclic) bond motifs is 1. The van der Waals surface area contributed by atoms with Gasteiger partial charge in [0.05, 0.1) is 5.56 Å². The Labute approximate surface area is 184 Å². The molecule has 4 atom stereocenters. The normalized spacial score (nSPS) is 25.7. The van der Waals surface area contributed by atoms with Gasteiger partial charge in [0.1, 0.15) is 17.3 Å². The molecule has 4 rings (SSSR count). The summed E-state index contributed by atoms with van der Waals surface area (Å²) in [5.41, 5.74) is 0.703. The third kappa shape index (κ3) is 5.43. The zero-order valence-corrected chi connectivity index (χ0v) is 17.8. The monoisotopic (exact) mass is 450 g/mol. The molecule has 0 heterocycles. The molecule has 7 heteroatoms. The van der Waals surface area contributed by atoms with E-state index in [1.54, 1.807) is 12.1 Å². The van der Waals surface area contributed by atoms with Crippen molar-refractivity contribution >= 4 is 5.97 Å². The van der Waals surface area contributed by atoms with E-state index in [0.717, 1.165) is 43.2 Å². The van der Waals surface area contributed by atoms with Crippen molar-refractivity contribution in [2.45, 2.75) is 57.7 Å². The second kappa shape index (κ2) is 9.12. The quantitative estimate of drug-likeness (QED) is 0.279. The summed E-state index contributed by atoms with van der Waals surface area (Å²) in [5.74, 6) is 0.775. The zero-order chi connectivity index (χ0) is 22.9. The number of carbonyl (C=O) groups is 1. The van der Waals surface area contributed by atoms with Gasteiger partial charge in [0.15, 0.2) is 0 Å². The first kappa shape index (κ1) is 22.6. The number of esters is 1. The highest BCUT2D eigenvalue weighted by molar-refractivity contribution is 5.91. The second-order valence-corrected chi connectivity index (χ2v) is 9.09. The molecule has 2 aromatic rings. The van der Waals surface area contributed by atoms with Gasteiger partial charge in [-0.05, 0) is 97.7 Å². The highest BCUT2D eigenvalue weighted by Gasteiger charge is 2.35. The van der Waals surface area contributed by atoms with Crippen LogP contribution in [0.3, 0.4) is 0 Å². The van der Waals surface area contributed by atoms with Crippen LogP contribution in [0.1, 0.15) is 67.3 Å². The largest absolute Gasteiger partial charge is 0.573 e. The maximum absolute atomic E-state index is 14.9. The van der Waals surface area contributed by atoms with Crippen LogP contribution in [-0.2, 0) is 0 Å². The van der Waals surface area contributed by atoms with Crippen LogP contribution in [0.5, 0.6) is 11.5 Å². The Balaban J connectivity index is 1.39. The fourth-order valence-electron chi connectivity index (χ4n) is 5.27. The van der Waals surface area contributed by atoms with Gasteiger partial charge in [0, 0.05) is 0 Å². The Morgan fingerprint density at radius 2 is 1.56 bits per heavy atom. The van der Waals surface area contributed by atoms with E-state index in [4.69, 9.17) is 4.74 Å². The van der Waals surface area contributed by atoms with Crippen molar-refractivity contribution < 1.29 is 31.8 Å². The topological polar surface area (TPSA) is 35.5 Å². The lowest BCUT2D eigenvalue weighted by molar-refractivity contribution is -0.274. The molecular weight excluding hydrogens is 424 g/mol. The third-order valence-corrected chi connectivity index (χ3v) is 6.82. The fourth-order valence-corrected chi connectivity index (χ4v) is 5.27. The van der Waals surface area contributed by atoms with Crippen LogP contribution in [0.25, 0.3) is 0 Å². The van der Waals surface area contributed by atoms with Crippen LogP contribution >= 0.6 is 0 Å². The van der Waals surface area contributed by atoms with Crippen molar-refractivity contribution in [3.63, 3.8) is 0 Å². The number of hydrogen-bond acceptors (Lipinski definition) is 3. The van der Waals surface area contributed by atoms with Crippen LogP contribution < -0.4 is 9.47 Å². The maximum atomic E-state index is 14.9. The minimum atomic E-state index is -4.80. The molecule has 0 saturated heterocycles. The predicted molar refractivity (Wildman–Crippen MR) is 111 cm³/mol. The summed E-state index contributed by atoms with van der Waals surface area (Å²) in [5, 5.41) is 0. The van der Waals surface area contributed by atoms with Crippen LogP contribution in [-0.4, -0.2) is 12.3 Å². The molecule has 1 unspecified atom stereocenters. The number of benzene rings is 2. The summed E-state index contributed by atoms with van der Waals surface area (Å²) in [7, 11) is 0. The molecule has 0 spiro atoms. The van der Waals surface area contributed by atoms with E-state index in [-0.39, 0.29) is 17.2 Å². The summed E-state index contributed by atoms with van der Waals surface area (Å²) < 4.78 is 60.5. The van der Waals surface area contributed by atoms with Crippen LogP contribution in [0.4, 0.5) is 17.6 Å². The van der Waals surface area contributed by atoms with Gasteiger partial charge in [-0.2, -0.15) is 0 Å². The first-order valence-electron chi connectivity index (χ1n) is 11.1. The minimum Gasteiger partial charge on any atom is -0.423 e. The van der Waals surface area contributed by atoms with Crippen molar-refractivity contribution in [3.05, 3.63) is 59.4 Å². The number of carbonyl (C=O) groups excluding carboxylic acids is 1. The van der Waals surface area contributed by atoms with Gasteiger partial charge in [-0.15, -0.1) is 13.2 Å². The highest BCUT2D eigenvalue weighted by atomic mass is 19.4. The average molecular weight is 450 g/mol. The van der Waals surface area contributed by atoms with Crippen molar-refractivity contribution in [3.8, 4) is 11.5 Å². The van der Waals surface area contributed by atoms with Crippen molar-refractivity contribution in [1.82, 2.24) is 0 Å². The summed E-state index contributed by atoms with van der Waals surface area (Å²) in [6.45, 7) is 2.31. The van der Waals surface area contributed by atoms with E-state index in [2.05, 4.69) is 11.7 Å². The van der Waals surface area contributed by atoms with Gasteiger partial charge in [0.25, 0.3) is 0 Å². The summed E-state index contributed by atoms with van der Waals surface area (Å²) in [6.07, 6.45) is 1.99. The molecule has 0 N–H and O–H groups in total. The van der Waals surface area contributed by atoms with Gasteiger partial charge < -0.3 is 9.47 Å². The smallest absolute Gasteiger partial charge is 0.423 e. The van der Waals surface area contributed by atoms with Crippen molar-refractivity contribution in [2.24, 2.45) is 17.8 Å². The van der Waals surface area contributed by atoms with E-state index in [0.29, 0.717) is 11.5 Å². The molecule has 0 radical (unpaired) electrons. The van der Waals surface area contributed by atoms with E-state index < -0.39 is 23.9 Å². The molecule has 2 aliphatic carbocycles.